The van der Waals surface area contributed by atoms with E-state index in [2.05, 4.69) is 46.4 Å². The van der Waals surface area contributed by atoms with E-state index in [4.69, 9.17) is 9.47 Å². The number of aromatic amines is 1. The first-order valence-electron chi connectivity index (χ1n) is 9.63. The first-order valence-corrected chi connectivity index (χ1v) is 9.63. The summed E-state index contributed by atoms with van der Waals surface area (Å²) in [6, 6.07) is 20.3. The lowest BCUT2D eigenvalue weighted by Gasteiger charge is -2.23. The van der Waals surface area contributed by atoms with Crippen molar-refractivity contribution in [2.45, 2.75) is 19.1 Å². The molecule has 4 rings (SSSR count). The molecule has 0 amide bonds. The van der Waals surface area contributed by atoms with Crippen LogP contribution in [0.2, 0.25) is 0 Å². The van der Waals surface area contributed by atoms with Crippen LogP contribution in [0.5, 0.6) is 5.75 Å². The van der Waals surface area contributed by atoms with E-state index in [1.807, 2.05) is 42.6 Å². The van der Waals surface area contributed by atoms with Gasteiger partial charge in [-0.2, -0.15) is 0 Å². The normalized spacial score (nSPS) is 16.2. The van der Waals surface area contributed by atoms with Gasteiger partial charge in [0.1, 0.15) is 12.4 Å². The fourth-order valence-corrected chi connectivity index (χ4v) is 3.13. The van der Waals surface area contributed by atoms with Crippen molar-refractivity contribution in [2.24, 2.45) is 0 Å². The molecule has 1 aliphatic heterocycles. The van der Waals surface area contributed by atoms with Gasteiger partial charge in [0.05, 0.1) is 18.4 Å². The topological polar surface area (TPSA) is 46.3 Å². The molecule has 28 heavy (non-hydrogen) atoms. The van der Waals surface area contributed by atoms with Gasteiger partial charge in [-0.25, -0.2) is 0 Å². The summed E-state index contributed by atoms with van der Waals surface area (Å²) in [5.41, 5.74) is 4.32. The summed E-state index contributed by atoms with van der Waals surface area (Å²) in [4.78, 5) is 3.08. The molecule has 0 radical (unpaired) electrons. The van der Waals surface area contributed by atoms with Crippen LogP contribution in [0.3, 0.4) is 0 Å². The molecule has 4 heteroatoms. The molecule has 0 saturated carbocycles. The summed E-state index contributed by atoms with van der Waals surface area (Å²) in [6.45, 7) is 3.23. The minimum atomic E-state index is 0.273. The third kappa shape index (κ3) is 5.26. The van der Waals surface area contributed by atoms with Crippen molar-refractivity contribution in [2.75, 3.05) is 19.7 Å². The quantitative estimate of drug-likeness (QED) is 0.674. The SMILES string of the molecule is C(#Cc1ccc[nH]1)c1ccc(OCc2ccc(CC3CNCCO3)cc2)cc1. The van der Waals surface area contributed by atoms with E-state index in [-0.39, 0.29) is 6.10 Å². The summed E-state index contributed by atoms with van der Waals surface area (Å²) in [5, 5.41) is 3.37. The third-order valence-electron chi connectivity index (χ3n) is 4.69. The zero-order valence-electron chi connectivity index (χ0n) is 15.8. The van der Waals surface area contributed by atoms with Crippen molar-refractivity contribution >= 4 is 0 Å². The number of rotatable bonds is 5. The molecule has 2 aromatic carbocycles. The molecule has 1 fully saturated rings. The summed E-state index contributed by atoms with van der Waals surface area (Å²) < 4.78 is 11.7. The Bertz CT molecular complexity index is 913. The van der Waals surface area contributed by atoms with E-state index in [9.17, 15) is 0 Å². The molecular formula is C24H24N2O2. The average Bonchev–Trinajstić information content (AvgIpc) is 3.27. The van der Waals surface area contributed by atoms with Crippen molar-refractivity contribution in [3.8, 4) is 17.6 Å². The second-order valence-electron chi connectivity index (χ2n) is 6.86. The summed E-state index contributed by atoms with van der Waals surface area (Å²) in [5.74, 6) is 7.07. The predicted octanol–water partition coefficient (Wildman–Crippen LogP) is 3.52. The highest BCUT2D eigenvalue weighted by Crippen LogP contribution is 2.15. The van der Waals surface area contributed by atoms with Crippen LogP contribution >= 0.6 is 0 Å². The maximum atomic E-state index is 5.90. The molecule has 1 aliphatic rings. The number of hydrogen-bond donors (Lipinski definition) is 2. The number of nitrogens with one attached hydrogen (secondary N) is 2. The Labute approximate surface area is 165 Å². The second-order valence-corrected chi connectivity index (χ2v) is 6.86. The van der Waals surface area contributed by atoms with Crippen LogP contribution in [0, 0.1) is 11.8 Å². The van der Waals surface area contributed by atoms with Gasteiger partial charge in [0.25, 0.3) is 0 Å². The van der Waals surface area contributed by atoms with Gasteiger partial charge in [0.15, 0.2) is 0 Å². The number of benzene rings is 2. The van der Waals surface area contributed by atoms with Crippen LogP contribution in [0.4, 0.5) is 0 Å². The van der Waals surface area contributed by atoms with Crippen molar-refractivity contribution in [3.63, 3.8) is 0 Å². The van der Waals surface area contributed by atoms with Crippen molar-refractivity contribution in [1.29, 1.82) is 0 Å². The fourth-order valence-electron chi connectivity index (χ4n) is 3.13. The number of morpholine rings is 1. The molecule has 4 nitrogen and oxygen atoms in total. The van der Waals surface area contributed by atoms with Crippen LogP contribution in [-0.4, -0.2) is 30.8 Å². The highest BCUT2D eigenvalue weighted by molar-refractivity contribution is 5.42. The Morgan fingerprint density at radius 1 is 0.964 bits per heavy atom. The van der Waals surface area contributed by atoms with Crippen LogP contribution in [-0.2, 0) is 17.8 Å². The Kier molecular flexibility index (Phi) is 6.08. The van der Waals surface area contributed by atoms with Gasteiger partial charge in [-0.3, -0.25) is 0 Å². The smallest absolute Gasteiger partial charge is 0.119 e. The lowest BCUT2D eigenvalue weighted by molar-refractivity contribution is 0.0292. The minimum Gasteiger partial charge on any atom is -0.489 e. The Hall–Kier alpha value is -3.00. The van der Waals surface area contributed by atoms with Gasteiger partial charge < -0.3 is 19.8 Å². The van der Waals surface area contributed by atoms with Gasteiger partial charge in [-0.15, -0.1) is 0 Å². The monoisotopic (exact) mass is 372 g/mol. The number of ether oxygens (including phenoxy) is 2. The predicted molar refractivity (Wildman–Crippen MR) is 110 cm³/mol. The first-order chi connectivity index (χ1) is 13.8. The lowest BCUT2D eigenvalue weighted by Crippen LogP contribution is -2.39. The molecule has 1 saturated heterocycles. The molecule has 0 bridgehead atoms. The fraction of sp³-hybridized carbons (Fsp3) is 0.250. The van der Waals surface area contributed by atoms with Crippen molar-refractivity contribution in [1.82, 2.24) is 10.3 Å². The van der Waals surface area contributed by atoms with E-state index < -0.39 is 0 Å². The van der Waals surface area contributed by atoms with E-state index in [1.54, 1.807) is 0 Å². The second kappa shape index (κ2) is 9.27. The maximum absolute atomic E-state index is 5.90. The van der Waals surface area contributed by atoms with Gasteiger partial charge in [0.2, 0.25) is 0 Å². The molecule has 2 heterocycles. The Balaban J connectivity index is 1.28. The molecule has 1 aromatic heterocycles. The van der Waals surface area contributed by atoms with E-state index in [1.165, 1.54) is 5.56 Å². The number of aromatic nitrogens is 1. The van der Waals surface area contributed by atoms with Crippen LogP contribution < -0.4 is 10.1 Å². The lowest BCUT2D eigenvalue weighted by atomic mass is 10.1. The summed E-state index contributed by atoms with van der Waals surface area (Å²) in [7, 11) is 0. The molecular weight excluding hydrogens is 348 g/mol. The Morgan fingerprint density at radius 3 is 2.50 bits per heavy atom. The average molecular weight is 372 g/mol. The first kappa shape index (κ1) is 18.4. The van der Waals surface area contributed by atoms with Gasteiger partial charge in [-0.05, 0) is 59.9 Å². The number of H-pyrrole nitrogens is 1. The summed E-state index contributed by atoms with van der Waals surface area (Å²) in [6.07, 6.45) is 3.09. The Morgan fingerprint density at radius 2 is 1.79 bits per heavy atom. The van der Waals surface area contributed by atoms with Crippen molar-refractivity contribution < 1.29 is 9.47 Å². The van der Waals surface area contributed by atoms with Gasteiger partial charge in [-0.1, -0.05) is 30.2 Å². The van der Waals surface area contributed by atoms with Crippen LogP contribution in [0.1, 0.15) is 22.4 Å². The largest absolute Gasteiger partial charge is 0.489 e. The zero-order chi connectivity index (χ0) is 19.0. The minimum absolute atomic E-state index is 0.273. The van der Waals surface area contributed by atoms with E-state index in [0.717, 1.165) is 48.7 Å². The third-order valence-corrected chi connectivity index (χ3v) is 4.69. The summed E-state index contributed by atoms with van der Waals surface area (Å²) >= 11 is 0. The molecule has 142 valence electrons. The molecule has 1 atom stereocenters. The molecule has 1 unspecified atom stereocenters. The molecule has 2 N–H and O–H groups in total. The van der Waals surface area contributed by atoms with E-state index >= 15 is 0 Å². The standard InChI is InChI=1S/C24H24N2O2/c1-2-22(26-13-1)10-7-19-8-11-23(12-9-19)28-18-21-5-3-20(4-6-21)16-24-17-25-14-15-27-24/h1-6,8-9,11-13,24-26H,14-18H2. The van der Waals surface area contributed by atoms with Gasteiger partial charge >= 0.3 is 0 Å². The molecule has 3 aromatic rings. The molecule has 0 spiro atoms. The highest BCUT2D eigenvalue weighted by Gasteiger charge is 2.13. The highest BCUT2D eigenvalue weighted by atomic mass is 16.5. The molecule has 0 aliphatic carbocycles. The van der Waals surface area contributed by atoms with Crippen molar-refractivity contribution in [3.05, 3.63) is 89.2 Å². The van der Waals surface area contributed by atoms with E-state index in [0.29, 0.717) is 6.61 Å². The zero-order valence-corrected chi connectivity index (χ0v) is 15.8. The van der Waals surface area contributed by atoms with Crippen LogP contribution in [0.15, 0.2) is 66.9 Å². The van der Waals surface area contributed by atoms with Crippen LogP contribution in [0.25, 0.3) is 0 Å². The number of hydrogen-bond acceptors (Lipinski definition) is 3. The van der Waals surface area contributed by atoms with Gasteiger partial charge in [0, 0.05) is 24.8 Å². The maximum Gasteiger partial charge on any atom is 0.119 e.